The zero-order valence-electron chi connectivity index (χ0n) is 20.6. The number of amides is 3. The molecule has 1 aliphatic carbocycles. The van der Waals surface area contributed by atoms with Crippen LogP contribution >= 0.6 is 0 Å². The Bertz CT molecular complexity index is 1210. The van der Waals surface area contributed by atoms with Crippen molar-refractivity contribution in [2.24, 2.45) is 0 Å². The van der Waals surface area contributed by atoms with E-state index >= 15 is 0 Å². The van der Waals surface area contributed by atoms with E-state index in [1.54, 1.807) is 28.0 Å². The molecule has 0 radical (unpaired) electrons. The van der Waals surface area contributed by atoms with Gasteiger partial charge in [-0.2, -0.15) is 0 Å². The lowest BCUT2D eigenvalue weighted by Gasteiger charge is -2.39. The van der Waals surface area contributed by atoms with E-state index in [4.69, 9.17) is 0 Å². The summed E-state index contributed by atoms with van der Waals surface area (Å²) in [6.45, 7) is 4.09. The largest absolute Gasteiger partial charge is 0.353 e. The average molecular weight is 512 g/mol. The molecule has 3 aliphatic rings. The quantitative estimate of drug-likeness (QED) is 0.613. The third kappa shape index (κ3) is 4.66. The molecule has 3 heterocycles. The lowest BCUT2D eigenvalue weighted by atomic mass is 9.93. The van der Waals surface area contributed by atoms with Crippen molar-refractivity contribution in [1.82, 2.24) is 19.1 Å². The summed E-state index contributed by atoms with van der Waals surface area (Å²) in [5, 5.41) is 0. The molecule has 3 amide bonds. The first-order valence-electron chi connectivity index (χ1n) is 12.7. The Labute approximate surface area is 212 Å². The molecule has 3 fully saturated rings. The number of pyridine rings is 1. The number of carbonyl (C=O) groups is 2. The van der Waals surface area contributed by atoms with E-state index in [0.29, 0.717) is 26.2 Å². The highest BCUT2D eigenvalue weighted by Gasteiger charge is 2.50. The molecule has 1 unspecified atom stereocenters. The van der Waals surface area contributed by atoms with Crippen molar-refractivity contribution in [3.8, 4) is 0 Å². The topological polar surface area (TPSA) is 94.1 Å². The van der Waals surface area contributed by atoms with Crippen LogP contribution in [-0.2, 0) is 14.8 Å². The van der Waals surface area contributed by atoms with Crippen molar-refractivity contribution in [1.29, 1.82) is 0 Å². The van der Waals surface area contributed by atoms with E-state index in [1.807, 2.05) is 25.1 Å². The molecule has 10 heteroatoms. The number of carbonyl (C=O) groups excluding carboxylic acids is 2. The first-order valence-corrected chi connectivity index (χ1v) is 14.2. The number of benzene rings is 1. The number of hydrogen-bond acceptors (Lipinski definition) is 6. The molecule has 9 nitrogen and oxygen atoms in total. The molecule has 0 N–H and O–H groups in total. The predicted octanol–water partition coefficient (Wildman–Crippen LogP) is 2.87. The van der Waals surface area contributed by atoms with E-state index < -0.39 is 22.1 Å². The molecular formula is C26H33N5O4S. The number of nitrogens with zero attached hydrogens (tertiary/aromatic N) is 5. The smallest absolute Gasteiger partial charge is 0.335 e. The number of sulfonamides is 1. The summed E-state index contributed by atoms with van der Waals surface area (Å²) < 4.78 is 27.7. The van der Waals surface area contributed by atoms with Gasteiger partial charge in [0, 0.05) is 37.9 Å². The van der Waals surface area contributed by atoms with Gasteiger partial charge in [-0.25, -0.2) is 22.5 Å². The normalized spacial score (nSPS) is 21.8. The maximum Gasteiger partial charge on any atom is 0.335 e. The average Bonchev–Trinajstić information content (AvgIpc) is 3.27. The lowest BCUT2D eigenvalue weighted by molar-refractivity contribution is -0.136. The van der Waals surface area contributed by atoms with Gasteiger partial charge >= 0.3 is 6.03 Å². The maximum absolute atomic E-state index is 13.8. The molecule has 36 heavy (non-hydrogen) atoms. The van der Waals surface area contributed by atoms with E-state index in [-0.39, 0.29) is 23.4 Å². The van der Waals surface area contributed by atoms with Crippen LogP contribution in [0.2, 0.25) is 0 Å². The molecule has 0 bridgehead atoms. The third-order valence-electron chi connectivity index (χ3n) is 7.48. The molecule has 192 valence electrons. The minimum Gasteiger partial charge on any atom is -0.353 e. The summed E-state index contributed by atoms with van der Waals surface area (Å²) in [7, 11) is -4.05. The highest BCUT2D eigenvalue weighted by Crippen LogP contribution is 2.32. The van der Waals surface area contributed by atoms with Crippen LogP contribution in [0.4, 0.5) is 10.6 Å². The Morgan fingerprint density at radius 1 is 0.917 bits per heavy atom. The van der Waals surface area contributed by atoms with Gasteiger partial charge in [0.25, 0.3) is 10.0 Å². The van der Waals surface area contributed by atoms with Crippen molar-refractivity contribution < 1.29 is 18.0 Å². The second kappa shape index (κ2) is 10.1. The number of anilines is 1. The van der Waals surface area contributed by atoms with Crippen LogP contribution in [0, 0.1) is 6.92 Å². The first-order chi connectivity index (χ1) is 17.4. The van der Waals surface area contributed by atoms with Crippen LogP contribution in [0.25, 0.3) is 0 Å². The van der Waals surface area contributed by atoms with Crippen LogP contribution in [0.5, 0.6) is 0 Å². The summed E-state index contributed by atoms with van der Waals surface area (Å²) >= 11 is 0. The summed E-state index contributed by atoms with van der Waals surface area (Å²) in [4.78, 5) is 37.5. The van der Waals surface area contributed by atoms with Gasteiger partial charge in [-0.05, 0) is 44.0 Å². The summed E-state index contributed by atoms with van der Waals surface area (Å²) in [6.07, 6.45) is 4.63. The maximum atomic E-state index is 13.8. The van der Waals surface area contributed by atoms with Gasteiger partial charge in [0.1, 0.15) is 11.9 Å². The highest BCUT2D eigenvalue weighted by molar-refractivity contribution is 7.89. The van der Waals surface area contributed by atoms with E-state index in [1.165, 1.54) is 12.1 Å². The third-order valence-corrected chi connectivity index (χ3v) is 9.24. The summed E-state index contributed by atoms with van der Waals surface area (Å²) in [5.74, 6) is 0.721. The lowest BCUT2D eigenvalue weighted by Crippen LogP contribution is -2.56. The number of rotatable bonds is 5. The monoisotopic (exact) mass is 511 g/mol. The minimum absolute atomic E-state index is 0.0642. The number of urea groups is 1. The minimum atomic E-state index is -4.05. The fourth-order valence-electron chi connectivity index (χ4n) is 5.54. The predicted molar refractivity (Wildman–Crippen MR) is 136 cm³/mol. The van der Waals surface area contributed by atoms with Crippen LogP contribution in [0.15, 0.2) is 53.4 Å². The number of aromatic nitrogens is 1. The zero-order valence-corrected chi connectivity index (χ0v) is 21.4. The Balaban J connectivity index is 1.36. The van der Waals surface area contributed by atoms with E-state index in [2.05, 4.69) is 9.88 Å². The zero-order chi connectivity index (χ0) is 25.3. The molecule has 2 saturated heterocycles. The van der Waals surface area contributed by atoms with Gasteiger partial charge in [-0.3, -0.25) is 4.79 Å². The molecule has 0 spiro atoms. The van der Waals surface area contributed by atoms with E-state index in [9.17, 15) is 18.0 Å². The fourth-order valence-corrected chi connectivity index (χ4v) is 6.94. The van der Waals surface area contributed by atoms with Crippen molar-refractivity contribution in [3.05, 3.63) is 54.2 Å². The molecule has 1 saturated carbocycles. The standard InChI is InChI=1S/C26H33N5O4S/c1-20-9-8-14-24(27-20)28-15-17-29(18-16-28)25(32)23-19-30(36(34,35)22-12-6-3-7-13-22)26(33)31(23)21-10-4-2-5-11-21/h3,6-9,12-14,21,23H,2,4-5,10-11,15-19H2,1H3. The molecule has 1 atom stereocenters. The van der Waals surface area contributed by atoms with Gasteiger partial charge in [0.2, 0.25) is 5.91 Å². The van der Waals surface area contributed by atoms with Crippen molar-refractivity contribution in [3.63, 3.8) is 0 Å². The Morgan fingerprint density at radius 3 is 2.28 bits per heavy atom. The van der Waals surface area contributed by atoms with Gasteiger partial charge < -0.3 is 14.7 Å². The van der Waals surface area contributed by atoms with Gasteiger partial charge in [-0.15, -0.1) is 0 Å². The van der Waals surface area contributed by atoms with Crippen molar-refractivity contribution in [2.75, 3.05) is 37.6 Å². The summed E-state index contributed by atoms with van der Waals surface area (Å²) in [5.41, 5.74) is 0.943. The Hall–Kier alpha value is -3.14. The Kier molecular flexibility index (Phi) is 6.87. The molecule has 5 rings (SSSR count). The van der Waals surface area contributed by atoms with E-state index in [0.717, 1.165) is 47.9 Å². The van der Waals surface area contributed by atoms with Crippen LogP contribution in [-0.4, -0.2) is 84.3 Å². The number of aryl methyl sites for hydroxylation is 1. The van der Waals surface area contributed by atoms with Gasteiger partial charge in [-0.1, -0.05) is 43.5 Å². The van der Waals surface area contributed by atoms with Crippen molar-refractivity contribution >= 4 is 27.8 Å². The second-order valence-electron chi connectivity index (χ2n) is 9.80. The second-order valence-corrected chi connectivity index (χ2v) is 11.7. The fraction of sp³-hybridized carbons (Fsp3) is 0.500. The molecule has 2 aromatic rings. The van der Waals surface area contributed by atoms with Gasteiger partial charge in [0.15, 0.2) is 0 Å². The van der Waals surface area contributed by atoms with Gasteiger partial charge in [0.05, 0.1) is 11.4 Å². The molecule has 1 aromatic heterocycles. The number of hydrogen-bond donors (Lipinski definition) is 0. The van der Waals surface area contributed by atoms with Crippen LogP contribution < -0.4 is 4.90 Å². The SMILES string of the molecule is Cc1cccc(N2CCN(C(=O)C3CN(S(=O)(=O)c4ccccc4)C(=O)N3C3CCCCC3)CC2)n1. The summed E-state index contributed by atoms with van der Waals surface area (Å²) in [6, 6.07) is 12.4. The van der Waals surface area contributed by atoms with Crippen molar-refractivity contribution in [2.45, 2.75) is 56.0 Å². The van der Waals surface area contributed by atoms with Crippen LogP contribution in [0.1, 0.15) is 37.8 Å². The van der Waals surface area contributed by atoms with Crippen LogP contribution in [0.3, 0.4) is 0 Å². The molecule has 2 aliphatic heterocycles. The number of piperazine rings is 1. The first kappa shape index (κ1) is 24.5. The highest BCUT2D eigenvalue weighted by atomic mass is 32.2. The Morgan fingerprint density at radius 2 is 1.61 bits per heavy atom. The molecule has 1 aromatic carbocycles. The molecular weight excluding hydrogens is 478 g/mol.